The van der Waals surface area contributed by atoms with Gasteiger partial charge in [-0.3, -0.25) is 4.79 Å². The number of alkyl halides is 5. The molecule has 180 valence electrons. The van der Waals surface area contributed by atoms with Gasteiger partial charge < -0.3 is 20.3 Å². The third-order valence-corrected chi connectivity index (χ3v) is 5.60. The molecular formula is C23H20F5N3O3. The largest absolute Gasteiger partial charge is 0.484 e. The number of amides is 3. The number of urea groups is 1. The van der Waals surface area contributed by atoms with Crippen molar-refractivity contribution in [3.63, 3.8) is 0 Å². The number of halogens is 5. The molecule has 11 heteroatoms. The molecule has 0 spiro atoms. The summed E-state index contributed by atoms with van der Waals surface area (Å²) in [5.74, 6) is -5.61. The lowest BCUT2D eigenvalue weighted by Gasteiger charge is -2.34. The maximum Gasteiger partial charge on any atom is 0.458 e. The van der Waals surface area contributed by atoms with Gasteiger partial charge in [-0.05, 0) is 43.7 Å². The molecule has 2 aliphatic heterocycles. The number of hydrogen-bond acceptors (Lipinski definition) is 3. The molecule has 0 fully saturated rings. The average molecular weight is 481 g/mol. The van der Waals surface area contributed by atoms with E-state index in [4.69, 9.17) is 4.74 Å². The van der Waals surface area contributed by atoms with Gasteiger partial charge in [0.05, 0.1) is 17.9 Å². The fraction of sp³-hybridized carbons (Fsp3) is 0.304. The van der Waals surface area contributed by atoms with E-state index in [2.05, 4.69) is 10.6 Å². The minimum Gasteiger partial charge on any atom is -0.484 e. The van der Waals surface area contributed by atoms with Gasteiger partial charge in [-0.15, -0.1) is 0 Å². The zero-order valence-electron chi connectivity index (χ0n) is 18.1. The minimum atomic E-state index is -5.82. The topological polar surface area (TPSA) is 70.7 Å². The molecule has 2 N–H and O–H groups in total. The van der Waals surface area contributed by atoms with Crippen LogP contribution in [-0.4, -0.2) is 35.7 Å². The van der Waals surface area contributed by atoms with Crippen LogP contribution in [0.3, 0.4) is 0 Å². The Labute approximate surface area is 191 Å². The summed E-state index contributed by atoms with van der Waals surface area (Å²) < 4.78 is 73.2. The van der Waals surface area contributed by atoms with Gasteiger partial charge in [-0.25, -0.2) is 4.79 Å². The highest BCUT2D eigenvalue weighted by Crippen LogP contribution is 2.47. The molecule has 2 aromatic rings. The average Bonchev–Trinajstić information content (AvgIpc) is 3.09. The van der Waals surface area contributed by atoms with E-state index in [0.29, 0.717) is 23.3 Å². The molecule has 0 saturated carbocycles. The van der Waals surface area contributed by atoms with Gasteiger partial charge in [0.15, 0.2) is 0 Å². The zero-order valence-corrected chi connectivity index (χ0v) is 18.1. The molecule has 1 atom stereocenters. The van der Waals surface area contributed by atoms with Crippen molar-refractivity contribution in [3.8, 4) is 5.75 Å². The summed E-state index contributed by atoms with van der Waals surface area (Å²) in [6, 6.07) is 8.34. The molecule has 2 heterocycles. The Morgan fingerprint density at radius 2 is 1.82 bits per heavy atom. The summed E-state index contributed by atoms with van der Waals surface area (Å²) in [6.07, 6.45) is -6.66. The second kappa shape index (κ2) is 8.30. The van der Waals surface area contributed by atoms with Gasteiger partial charge in [0.1, 0.15) is 11.9 Å². The Balaban J connectivity index is 1.90. The van der Waals surface area contributed by atoms with Crippen molar-refractivity contribution in [2.75, 3.05) is 6.54 Å². The van der Waals surface area contributed by atoms with Crippen molar-refractivity contribution in [2.24, 2.45) is 0 Å². The van der Waals surface area contributed by atoms with Crippen LogP contribution in [0.25, 0.3) is 5.70 Å². The maximum absolute atomic E-state index is 14.2. The number of benzene rings is 2. The monoisotopic (exact) mass is 481 g/mol. The summed E-state index contributed by atoms with van der Waals surface area (Å²) in [5.41, 5.74) is -0.392. The number of ether oxygens (including phenoxy) is 1. The van der Waals surface area contributed by atoms with E-state index in [1.54, 1.807) is 38.1 Å². The van der Waals surface area contributed by atoms with Crippen LogP contribution < -0.4 is 15.4 Å². The van der Waals surface area contributed by atoms with Gasteiger partial charge in [0.2, 0.25) is 0 Å². The van der Waals surface area contributed by atoms with Crippen LogP contribution in [0.5, 0.6) is 5.75 Å². The van der Waals surface area contributed by atoms with Crippen molar-refractivity contribution in [1.29, 1.82) is 0 Å². The molecule has 0 radical (unpaired) electrons. The Bertz CT molecular complexity index is 1190. The molecule has 0 bridgehead atoms. The summed E-state index contributed by atoms with van der Waals surface area (Å²) in [5, 5.41) is 5.09. The first-order valence-corrected chi connectivity index (χ1v) is 10.4. The summed E-state index contributed by atoms with van der Waals surface area (Å²) in [7, 11) is 0. The van der Waals surface area contributed by atoms with Crippen LogP contribution in [0, 0.1) is 0 Å². The van der Waals surface area contributed by atoms with Crippen LogP contribution in [0.1, 0.15) is 40.9 Å². The predicted molar refractivity (Wildman–Crippen MR) is 112 cm³/mol. The third-order valence-electron chi connectivity index (χ3n) is 5.60. The molecule has 2 aliphatic rings. The molecule has 0 aliphatic carbocycles. The number of nitrogens with one attached hydrogen (secondary N) is 2. The third kappa shape index (κ3) is 3.84. The lowest BCUT2D eigenvalue weighted by atomic mass is 9.97. The number of fused-ring (bicyclic) bond motifs is 2. The first-order valence-electron chi connectivity index (χ1n) is 10.4. The molecule has 34 heavy (non-hydrogen) atoms. The molecule has 2 aromatic carbocycles. The van der Waals surface area contributed by atoms with Gasteiger partial charge in [0, 0.05) is 23.2 Å². The van der Waals surface area contributed by atoms with Crippen molar-refractivity contribution in [2.45, 2.75) is 38.6 Å². The lowest BCUT2D eigenvalue weighted by Crippen LogP contribution is -2.43. The first kappa shape index (κ1) is 23.5. The molecule has 0 saturated heterocycles. The molecule has 6 nitrogen and oxygen atoms in total. The van der Waals surface area contributed by atoms with E-state index in [9.17, 15) is 31.5 Å². The second-order valence-corrected chi connectivity index (χ2v) is 7.84. The molecule has 3 amide bonds. The number of rotatable bonds is 4. The quantitative estimate of drug-likeness (QED) is 0.619. The number of carbonyl (C=O) groups excluding carboxylic acids is 2. The van der Waals surface area contributed by atoms with Crippen LogP contribution in [0.2, 0.25) is 0 Å². The highest BCUT2D eigenvalue weighted by molar-refractivity contribution is 6.04. The maximum atomic E-state index is 14.2. The highest BCUT2D eigenvalue weighted by Gasteiger charge is 2.59. The van der Waals surface area contributed by atoms with Crippen molar-refractivity contribution < 1.29 is 36.3 Å². The molecule has 4 rings (SSSR count). The minimum absolute atomic E-state index is 0.000951. The van der Waals surface area contributed by atoms with E-state index in [1.807, 2.05) is 0 Å². The van der Waals surface area contributed by atoms with Crippen LogP contribution >= 0.6 is 0 Å². The van der Waals surface area contributed by atoms with Gasteiger partial charge in [-0.1, -0.05) is 18.2 Å². The Hall–Kier alpha value is -3.63. The van der Waals surface area contributed by atoms with Crippen molar-refractivity contribution >= 4 is 17.6 Å². The number of carbonyl (C=O) groups is 2. The zero-order chi connectivity index (χ0) is 24.8. The number of hydrogen-bond donors (Lipinski definition) is 2. The summed E-state index contributed by atoms with van der Waals surface area (Å²) in [4.78, 5) is 26.8. The number of nitrogens with zero attached hydrogens (tertiary/aromatic N) is 1. The Morgan fingerprint density at radius 3 is 2.47 bits per heavy atom. The van der Waals surface area contributed by atoms with Gasteiger partial charge in [0.25, 0.3) is 5.91 Å². The van der Waals surface area contributed by atoms with E-state index in [1.165, 1.54) is 4.90 Å². The van der Waals surface area contributed by atoms with E-state index >= 15 is 0 Å². The Kier molecular flexibility index (Phi) is 5.74. The summed E-state index contributed by atoms with van der Waals surface area (Å²) in [6.45, 7) is 3.56. The van der Waals surface area contributed by atoms with Crippen LogP contribution in [0.4, 0.5) is 26.7 Å². The lowest BCUT2D eigenvalue weighted by molar-refractivity contribution is -0.289. The normalized spacial score (nSPS) is 17.8. The SMILES string of the molecule is CCNC(=O)NC1=C(N2Cc3ccccc3C2=O)c2cc(C(F)(F)C(F)(F)F)ccc2OC1C. The highest BCUT2D eigenvalue weighted by atomic mass is 19.4. The fourth-order valence-electron chi connectivity index (χ4n) is 3.98. The predicted octanol–water partition coefficient (Wildman–Crippen LogP) is 4.77. The Morgan fingerprint density at radius 1 is 1.12 bits per heavy atom. The van der Waals surface area contributed by atoms with Gasteiger partial charge in [-0.2, -0.15) is 22.0 Å². The van der Waals surface area contributed by atoms with Crippen LogP contribution in [0.15, 0.2) is 48.2 Å². The molecule has 0 aromatic heterocycles. The van der Waals surface area contributed by atoms with Crippen molar-refractivity contribution in [1.82, 2.24) is 15.5 Å². The van der Waals surface area contributed by atoms with E-state index < -0.39 is 35.7 Å². The van der Waals surface area contributed by atoms with Gasteiger partial charge >= 0.3 is 18.1 Å². The standard InChI is InChI=1S/C23H20F5N3O3/c1-3-29-21(33)30-18-12(2)34-17-9-8-14(22(24,25)23(26,27)28)10-16(17)19(18)31-11-13-6-4-5-7-15(13)20(31)32/h4-10,12H,3,11H2,1-2H3,(H2,29,30,33). The molecule has 1 unspecified atom stereocenters. The van der Waals surface area contributed by atoms with Crippen LogP contribution in [-0.2, 0) is 12.5 Å². The first-order chi connectivity index (χ1) is 16.0. The van der Waals surface area contributed by atoms with Crippen molar-refractivity contribution in [3.05, 3.63) is 70.4 Å². The second-order valence-electron chi connectivity index (χ2n) is 7.84. The summed E-state index contributed by atoms with van der Waals surface area (Å²) >= 11 is 0. The smallest absolute Gasteiger partial charge is 0.458 e. The molecular weight excluding hydrogens is 461 g/mol. The van der Waals surface area contributed by atoms with E-state index in [-0.39, 0.29) is 35.8 Å². The fourth-order valence-corrected chi connectivity index (χ4v) is 3.98. The van der Waals surface area contributed by atoms with E-state index in [0.717, 1.165) is 6.07 Å².